The summed E-state index contributed by atoms with van der Waals surface area (Å²) in [5, 5.41) is 11.2. The van der Waals surface area contributed by atoms with Gasteiger partial charge < -0.3 is 9.84 Å². The molecule has 1 aliphatic rings. The van der Waals surface area contributed by atoms with E-state index in [1.54, 1.807) is 11.8 Å². The second kappa shape index (κ2) is 4.33. The van der Waals surface area contributed by atoms with Crippen LogP contribution in [0.1, 0.15) is 15.2 Å². The van der Waals surface area contributed by atoms with Gasteiger partial charge in [-0.15, -0.1) is 23.1 Å². The maximum Gasteiger partial charge on any atom is 0.346 e. The fraction of sp³-hybridized carbons (Fsp3) is 0.444. The van der Waals surface area contributed by atoms with Crippen molar-refractivity contribution in [2.24, 2.45) is 0 Å². The van der Waals surface area contributed by atoms with E-state index in [1.807, 2.05) is 11.4 Å². The van der Waals surface area contributed by atoms with E-state index in [0.29, 0.717) is 10.1 Å². The molecule has 0 spiro atoms. The number of carboxylic acid groups (broad SMARTS) is 1. The van der Waals surface area contributed by atoms with E-state index in [1.165, 1.54) is 11.3 Å². The van der Waals surface area contributed by atoms with Crippen molar-refractivity contribution in [1.29, 1.82) is 0 Å². The van der Waals surface area contributed by atoms with Crippen molar-refractivity contribution >= 4 is 29.1 Å². The van der Waals surface area contributed by atoms with Gasteiger partial charge in [0.2, 0.25) is 0 Å². The summed E-state index contributed by atoms with van der Waals surface area (Å²) < 4.78 is 5.05. The van der Waals surface area contributed by atoms with Crippen LogP contribution in [0.15, 0.2) is 11.4 Å². The zero-order valence-corrected chi connectivity index (χ0v) is 9.07. The Bertz CT molecular complexity index is 331. The number of rotatable bonds is 4. The van der Waals surface area contributed by atoms with Gasteiger partial charge >= 0.3 is 5.97 Å². The Morgan fingerprint density at radius 1 is 1.71 bits per heavy atom. The fourth-order valence-corrected chi connectivity index (χ4v) is 3.05. The second-order valence-corrected chi connectivity index (χ2v) is 5.26. The molecule has 1 saturated heterocycles. The Morgan fingerprint density at radius 2 is 2.50 bits per heavy atom. The summed E-state index contributed by atoms with van der Waals surface area (Å²) in [5.74, 6) is -0.0421. The minimum Gasteiger partial charge on any atom is -0.477 e. The average Bonchev–Trinajstić information content (AvgIpc) is 2.49. The SMILES string of the molecule is O=C(O)c1sccc1CSC1COC1. The third-order valence-electron chi connectivity index (χ3n) is 2.02. The summed E-state index contributed by atoms with van der Waals surface area (Å²) in [6.45, 7) is 1.61. The number of thiophene rings is 1. The highest BCUT2D eigenvalue weighted by Crippen LogP contribution is 2.27. The van der Waals surface area contributed by atoms with Gasteiger partial charge in [0.15, 0.2) is 0 Å². The first kappa shape index (κ1) is 10.0. The molecule has 0 atom stereocenters. The van der Waals surface area contributed by atoms with Crippen LogP contribution in [0.3, 0.4) is 0 Å². The molecule has 0 amide bonds. The molecule has 1 aromatic rings. The van der Waals surface area contributed by atoms with Crippen LogP contribution in [0.4, 0.5) is 0 Å². The average molecular weight is 230 g/mol. The first-order valence-corrected chi connectivity index (χ1v) is 6.19. The molecule has 14 heavy (non-hydrogen) atoms. The fourth-order valence-electron chi connectivity index (χ4n) is 1.15. The van der Waals surface area contributed by atoms with Gasteiger partial charge in [-0.2, -0.15) is 0 Å². The van der Waals surface area contributed by atoms with Crippen LogP contribution in [0, 0.1) is 0 Å². The largest absolute Gasteiger partial charge is 0.477 e. The molecule has 0 saturated carbocycles. The van der Waals surface area contributed by atoms with Crippen molar-refractivity contribution in [1.82, 2.24) is 0 Å². The molecular formula is C9H10O3S2. The Balaban J connectivity index is 1.94. The minimum atomic E-state index is -0.819. The topological polar surface area (TPSA) is 46.5 Å². The van der Waals surface area contributed by atoms with Crippen LogP contribution in [-0.4, -0.2) is 29.5 Å². The van der Waals surface area contributed by atoms with Crippen LogP contribution in [0.25, 0.3) is 0 Å². The maximum atomic E-state index is 10.8. The normalized spacial score (nSPS) is 16.6. The number of aromatic carboxylic acids is 1. The molecule has 0 radical (unpaired) electrons. The lowest BCUT2D eigenvalue weighted by Crippen LogP contribution is -2.30. The number of carboxylic acids is 1. The Labute approximate surface area is 90.1 Å². The molecule has 2 heterocycles. The third kappa shape index (κ3) is 2.10. The van der Waals surface area contributed by atoms with Gasteiger partial charge in [0.25, 0.3) is 0 Å². The molecule has 0 aromatic carbocycles. The summed E-state index contributed by atoms with van der Waals surface area (Å²) >= 11 is 3.06. The number of thioether (sulfide) groups is 1. The van der Waals surface area contributed by atoms with Crippen molar-refractivity contribution in [2.45, 2.75) is 11.0 Å². The van der Waals surface area contributed by atoms with E-state index in [0.717, 1.165) is 24.5 Å². The van der Waals surface area contributed by atoms with Crippen LogP contribution < -0.4 is 0 Å². The smallest absolute Gasteiger partial charge is 0.346 e. The van der Waals surface area contributed by atoms with Crippen LogP contribution in [-0.2, 0) is 10.5 Å². The van der Waals surface area contributed by atoms with Gasteiger partial charge in [-0.3, -0.25) is 0 Å². The summed E-state index contributed by atoms with van der Waals surface area (Å²) in [7, 11) is 0. The lowest BCUT2D eigenvalue weighted by atomic mass is 10.3. The van der Waals surface area contributed by atoms with E-state index in [-0.39, 0.29) is 0 Å². The van der Waals surface area contributed by atoms with Gasteiger partial charge in [0.1, 0.15) is 4.88 Å². The molecule has 0 unspecified atom stereocenters. The molecule has 2 rings (SSSR count). The zero-order valence-electron chi connectivity index (χ0n) is 7.43. The van der Waals surface area contributed by atoms with E-state index in [4.69, 9.17) is 9.84 Å². The number of hydrogen-bond donors (Lipinski definition) is 1. The molecule has 1 aliphatic heterocycles. The molecule has 0 bridgehead atoms. The molecule has 1 fully saturated rings. The summed E-state index contributed by atoms with van der Waals surface area (Å²) in [6, 6.07) is 1.89. The highest BCUT2D eigenvalue weighted by Gasteiger charge is 2.20. The predicted octanol–water partition coefficient (Wildman–Crippen LogP) is 2.08. The molecule has 3 nitrogen and oxygen atoms in total. The minimum absolute atomic E-state index is 0.470. The van der Waals surface area contributed by atoms with Gasteiger partial charge in [-0.25, -0.2) is 4.79 Å². The van der Waals surface area contributed by atoms with Crippen LogP contribution >= 0.6 is 23.1 Å². The molecule has 0 aliphatic carbocycles. The monoisotopic (exact) mass is 230 g/mol. The first-order valence-electron chi connectivity index (χ1n) is 4.26. The predicted molar refractivity (Wildman–Crippen MR) is 57.2 cm³/mol. The number of hydrogen-bond acceptors (Lipinski definition) is 4. The van der Waals surface area contributed by atoms with Crippen molar-refractivity contribution in [2.75, 3.05) is 13.2 Å². The Hall–Kier alpha value is -0.520. The molecular weight excluding hydrogens is 220 g/mol. The van der Waals surface area contributed by atoms with Crippen molar-refractivity contribution < 1.29 is 14.6 Å². The summed E-state index contributed by atoms with van der Waals surface area (Å²) in [4.78, 5) is 11.3. The van der Waals surface area contributed by atoms with E-state index in [2.05, 4.69) is 0 Å². The van der Waals surface area contributed by atoms with Crippen molar-refractivity contribution in [3.8, 4) is 0 Å². The first-order chi connectivity index (χ1) is 6.77. The van der Waals surface area contributed by atoms with Crippen molar-refractivity contribution in [3.63, 3.8) is 0 Å². The zero-order chi connectivity index (χ0) is 9.97. The van der Waals surface area contributed by atoms with Gasteiger partial charge in [-0.05, 0) is 17.0 Å². The lowest BCUT2D eigenvalue weighted by Gasteiger charge is -2.25. The van der Waals surface area contributed by atoms with Crippen molar-refractivity contribution in [3.05, 3.63) is 21.9 Å². The molecule has 76 valence electrons. The summed E-state index contributed by atoms with van der Waals surface area (Å²) in [6.07, 6.45) is 0. The van der Waals surface area contributed by atoms with E-state index in [9.17, 15) is 4.79 Å². The Morgan fingerprint density at radius 3 is 3.07 bits per heavy atom. The molecule has 1 aromatic heterocycles. The van der Waals surface area contributed by atoms with E-state index < -0.39 is 5.97 Å². The Kier molecular flexibility index (Phi) is 3.10. The lowest BCUT2D eigenvalue weighted by molar-refractivity contribution is 0.0455. The van der Waals surface area contributed by atoms with Gasteiger partial charge in [-0.1, -0.05) is 0 Å². The highest BCUT2D eigenvalue weighted by molar-refractivity contribution is 7.99. The quantitative estimate of drug-likeness (QED) is 0.860. The van der Waals surface area contributed by atoms with Crippen LogP contribution in [0.2, 0.25) is 0 Å². The second-order valence-electron chi connectivity index (χ2n) is 3.05. The standard InChI is InChI=1S/C9H10O3S2/c10-9(11)8-6(1-2-13-8)5-14-7-3-12-4-7/h1-2,7H,3-5H2,(H,10,11). The maximum absolute atomic E-state index is 10.8. The molecule has 1 N–H and O–H groups in total. The highest BCUT2D eigenvalue weighted by atomic mass is 32.2. The van der Waals surface area contributed by atoms with Crippen LogP contribution in [0.5, 0.6) is 0 Å². The third-order valence-corrected chi connectivity index (χ3v) is 4.19. The molecule has 5 heteroatoms. The van der Waals surface area contributed by atoms with Gasteiger partial charge in [0, 0.05) is 5.75 Å². The number of carbonyl (C=O) groups is 1. The van der Waals surface area contributed by atoms with E-state index >= 15 is 0 Å². The summed E-state index contributed by atoms with van der Waals surface area (Å²) in [5.41, 5.74) is 0.930. The number of ether oxygens (including phenoxy) is 1. The van der Waals surface area contributed by atoms with Gasteiger partial charge in [0.05, 0.1) is 18.5 Å².